The lowest BCUT2D eigenvalue weighted by Crippen LogP contribution is -2.61. The fourth-order valence-electron chi connectivity index (χ4n) is 19.4. The molecule has 0 bridgehead atoms. The fraction of sp³-hybridized carbons (Fsp3) is 0.143. The Morgan fingerprint density at radius 2 is 0.534 bits per heavy atom. The maximum atomic E-state index is 2.69. The van der Waals surface area contributed by atoms with Crippen LogP contribution in [0.2, 0.25) is 0 Å². The summed E-state index contributed by atoms with van der Waals surface area (Å²) in [4.78, 5) is 5.38. The average molecular weight is 1520 g/mol. The van der Waals surface area contributed by atoms with Crippen molar-refractivity contribution in [1.29, 1.82) is 0 Å². The molecule has 21 rings (SSSR count). The topological polar surface area (TPSA) is 21.3 Å². The first-order valence-corrected chi connectivity index (χ1v) is 41.9. The van der Waals surface area contributed by atoms with E-state index in [2.05, 4.69) is 458 Å². The van der Waals surface area contributed by atoms with Gasteiger partial charge in [0.2, 0.25) is 0 Å². The molecule has 2 aliphatic heterocycles. The standard InChI is InChI=1S/C112H94BN5/c1-109(2,3)77-60-75(61-78(69-77)110(4,5)6)84-40-22-27-47-94(84)117-100-58-55-72(86-45-32-52-102-106(86)89-43-25-30-50-97(89)115(102)82-36-18-14-19-37-82)65-92(100)113-93-66-73(87-46-33-53-103-107(87)90-44-26-31-51-98(90)116(103)83-38-20-15-21-39-83)56-59-101(93)118(95-48-28-23-41-85(95)76-62-79(111(7,8)9)70-80(63-76)112(10,11)12)105-68-74(67-104(117)108(105)113)71-54-57-99-91(64-71)88-42-24-29-49-96(88)114(99)81-34-16-13-17-35-81/h13-70H,1-12H3. The first-order chi connectivity index (χ1) is 57.1. The molecule has 0 saturated heterocycles. The van der Waals surface area contributed by atoms with Crippen LogP contribution in [0.5, 0.6) is 0 Å². The highest BCUT2D eigenvalue weighted by molar-refractivity contribution is 7.00. The lowest BCUT2D eigenvalue weighted by Gasteiger charge is -2.45. The van der Waals surface area contributed by atoms with Gasteiger partial charge in [0.25, 0.3) is 6.71 Å². The molecule has 2 aliphatic rings. The smallest absolute Gasteiger partial charge is 0.252 e. The summed E-state index contributed by atoms with van der Waals surface area (Å²) in [5.74, 6) is 0. The summed E-state index contributed by atoms with van der Waals surface area (Å²) in [6.07, 6.45) is 0. The second kappa shape index (κ2) is 27.1. The molecule has 570 valence electrons. The predicted octanol–water partition coefficient (Wildman–Crippen LogP) is 28.6. The molecular formula is C112H94BN5. The molecule has 0 N–H and O–H groups in total. The average Bonchev–Trinajstić information content (AvgIpc) is 1.12. The molecule has 5 heterocycles. The van der Waals surface area contributed by atoms with Crippen molar-refractivity contribution in [1.82, 2.24) is 13.7 Å². The Balaban J connectivity index is 0.913. The molecule has 6 heteroatoms. The normalized spacial score (nSPS) is 13.0. The summed E-state index contributed by atoms with van der Waals surface area (Å²) in [5, 5.41) is 7.30. The zero-order chi connectivity index (χ0) is 80.4. The van der Waals surface area contributed by atoms with Crippen LogP contribution in [-0.2, 0) is 21.7 Å². The molecule has 118 heavy (non-hydrogen) atoms. The van der Waals surface area contributed by atoms with Gasteiger partial charge < -0.3 is 23.5 Å². The maximum Gasteiger partial charge on any atom is 0.252 e. The van der Waals surface area contributed by atoms with Crippen molar-refractivity contribution >= 4 is 123 Å². The Hall–Kier alpha value is -13.4. The van der Waals surface area contributed by atoms with Crippen LogP contribution in [0.1, 0.15) is 105 Å². The summed E-state index contributed by atoms with van der Waals surface area (Å²) in [6.45, 7) is 28.0. The van der Waals surface area contributed by atoms with Gasteiger partial charge in [-0.3, -0.25) is 0 Å². The van der Waals surface area contributed by atoms with Crippen molar-refractivity contribution in [3.63, 3.8) is 0 Å². The Labute approximate surface area is 693 Å². The van der Waals surface area contributed by atoms with Gasteiger partial charge in [-0.05, 0) is 220 Å². The third-order valence-corrected chi connectivity index (χ3v) is 25.4. The number of hydrogen-bond donors (Lipinski definition) is 0. The van der Waals surface area contributed by atoms with Crippen molar-refractivity contribution in [3.05, 3.63) is 374 Å². The van der Waals surface area contributed by atoms with Gasteiger partial charge in [0.05, 0.1) is 44.5 Å². The maximum absolute atomic E-state index is 2.69. The summed E-state index contributed by atoms with van der Waals surface area (Å²) in [6, 6.07) is 134. The highest BCUT2D eigenvalue weighted by Gasteiger charge is 2.46. The van der Waals surface area contributed by atoms with E-state index in [1.54, 1.807) is 0 Å². The fourth-order valence-corrected chi connectivity index (χ4v) is 19.4. The monoisotopic (exact) mass is 1520 g/mol. The van der Waals surface area contributed by atoms with E-state index in [1.165, 1.54) is 121 Å². The van der Waals surface area contributed by atoms with Crippen LogP contribution in [0.4, 0.5) is 34.1 Å². The minimum atomic E-state index is -0.315. The van der Waals surface area contributed by atoms with E-state index in [9.17, 15) is 0 Å². The minimum Gasteiger partial charge on any atom is -0.311 e. The van der Waals surface area contributed by atoms with E-state index in [1.807, 2.05) is 0 Å². The van der Waals surface area contributed by atoms with Gasteiger partial charge in [-0.25, -0.2) is 0 Å². The second-order valence-electron chi connectivity index (χ2n) is 36.9. The highest BCUT2D eigenvalue weighted by atomic mass is 15.2. The van der Waals surface area contributed by atoms with Gasteiger partial charge in [-0.1, -0.05) is 320 Å². The Kier molecular flexibility index (Phi) is 16.6. The Bertz CT molecular complexity index is 6870. The summed E-state index contributed by atoms with van der Waals surface area (Å²) in [5.41, 5.74) is 37.2. The molecule has 0 saturated carbocycles. The number of aromatic nitrogens is 3. The molecule has 0 aliphatic carbocycles. The lowest BCUT2D eigenvalue weighted by molar-refractivity contribution is 0.568. The summed E-state index contributed by atoms with van der Waals surface area (Å²) >= 11 is 0. The minimum absolute atomic E-state index is 0.136. The van der Waals surface area contributed by atoms with Crippen molar-refractivity contribution < 1.29 is 0 Å². The van der Waals surface area contributed by atoms with Gasteiger partial charge >= 0.3 is 0 Å². The van der Waals surface area contributed by atoms with Gasteiger partial charge in [-0.15, -0.1) is 0 Å². The third kappa shape index (κ3) is 11.7. The number of hydrogen-bond acceptors (Lipinski definition) is 2. The molecule has 0 unspecified atom stereocenters. The zero-order valence-corrected chi connectivity index (χ0v) is 69.3. The molecule has 0 fully saturated rings. The van der Waals surface area contributed by atoms with E-state index in [4.69, 9.17) is 0 Å². The van der Waals surface area contributed by atoms with Crippen LogP contribution in [0.15, 0.2) is 352 Å². The zero-order valence-electron chi connectivity index (χ0n) is 69.3. The molecule has 0 spiro atoms. The van der Waals surface area contributed by atoms with E-state index in [0.29, 0.717) is 0 Å². The van der Waals surface area contributed by atoms with Crippen molar-refractivity contribution in [2.24, 2.45) is 0 Å². The van der Waals surface area contributed by atoms with Crippen molar-refractivity contribution in [3.8, 4) is 72.7 Å². The van der Waals surface area contributed by atoms with Crippen LogP contribution < -0.4 is 26.2 Å². The molecule has 0 amide bonds. The molecule has 16 aromatic carbocycles. The van der Waals surface area contributed by atoms with Gasteiger partial charge in [0.15, 0.2) is 0 Å². The van der Waals surface area contributed by atoms with Crippen LogP contribution >= 0.6 is 0 Å². The van der Waals surface area contributed by atoms with E-state index in [-0.39, 0.29) is 28.4 Å². The van der Waals surface area contributed by atoms with Gasteiger partial charge in [-0.2, -0.15) is 0 Å². The number of anilines is 6. The van der Waals surface area contributed by atoms with E-state index >= 15 is 0 Å². The summed E-state index contributed by atoms with van der Waals surface area (Å²) < 4.78 is 7.35. The molecule has 0 radical (unpaired) electrons. The predicted molar refractivity (Wildman–Crippen MR) is 505 cm³/mol. The molecule has 19 aromatic rings. The highest BCUT2D eigenvalue weighted by Crippen LogP contribution is 2.53. The van der Waals surface area contributed by atoms with Gasteiger partial charge in [0.1, 0.15) is 0 Å². The third-order valence-electron chi connectivity index (χ3n) is 25.4. The van der Waals surface area contributed by atoms with Gasteiger partial charge in [0, 0.05) is 83.3 Å². The first kappa shape index (κ1) is 72.3. The van der Waals surface area contributed by atoms with Crippen molar-refractivity contribution in [2.75, 3.05) is 9.80 Å². The SMILES string of the molecule is CC(C)(C)c1cc(-c2ccccc2N2c3ccc(-c4cccc5c4c4ccccc4n5-c4ccccc4)cc3B3c4cc(-c5cccc6c5c5ccccc5n6-c5ccccc5)ccc4N(c4ccccc4-c4cc(C(C)(C)C)cc(C(C)(C)C)c4)c4cc(-c5ccc6c(c5)c5ccccc5n6-c5ccccc5)cc2c43)cc(C(C)(C)C)c1. The Morgan fingerprint density at radius 1 is 0.203 bits per heavy atom. The van der Waals surface area contributed by atoms with E-state index < -0.39 is 0 Å². The molecule has 5 nitrogen and oxygen atoms in total. The second-order valence-corrected chi connectivity index (χ2v) is 36.9. The summed E-state index contributed by atoms with van der Waals surface area (Å²) in [7, 11) is 0. The lowest BCUT2D eigenvalue weighted by atomic mass is 9.33. The number of fused-ring (bicyclic) bond motifs is 13. The number of para-hydroxylation sites is 8. The quantitative estimate of drug-likeness (QED) is 0.127. The number of benzene rings is 16. The van der Waals surface area contributed by atoms with E-state index in [0.717, 1.165) is 90.1 Å². The van der Waals surface area contributed by atoms with Crippen LogP contribution in [0.3, 0.4) is 0 Å². The van der Waals surface area contributed by atoms with Crippen LogP contribution in [0, 0.1) is 0 Å². The molecular weight excluding hydrogens is 1430 g/mol. The molecule has 0 atom stereocenters. The van der Waals surface area contributed by atoms with Crippen molar-refractivity contribution in [2.45, 2.75) is 105 Å². The first-order valence-electron chi connectivity index (χ1n) is 41.9. The van der Waals surface area contributed by atoms with Crippen LogP contribution in [0.25, 0.3) is 138 Å². The largest absolute Gasteiger partial charge is 0.311 e. The number of rotatable bonds is 10. The van der Waals surface area contributed by atoms with Crippen LogP contribution in [-0.4, -0.2) is 20.4 Å². The number of nitrogens with zero attached hydrogens (tertiary/aromatic N) is 5. The molecule has 3 aromatic heterocycles. The Morgan fingerprint density at radius 3 is 0.949 bits per heavy atom.